The van der Waals surface area contributed by atoms with E-state index in [4.69, 9.17) is 14.2 Å². The zero-order valence-electron chi connectivity index (χ0n) is 15.9. The van der Waals surface area contributed by atoms with E-state index in [0.29, 0.717) is 34.7 Å². The van der Waals surface area contributed by atoms with Crippen LogP contribution in [0.1, 0.15) is 56.3 Å². The molecule has 0 unspecified atom stereocenters. The molecule has 0 aliphatic carbocycles. The van der Waals surface area contributed by atoms with E-state index < -0.39 is 24.3 Å². The highest BCUT2D eigenvalue weighted by Gasteiger charge is 2.23. The lowest BCUT2D eigenvalue weighted by Crippen LogP contribution is -2.15. The predicted molar refractivity (Wildman–Crippen MR) is 98.4 cm³/mol. The molecule has 0 bridgehead atoms. The second-order valence-electron chi connectivity index (χ2n) is 5.80. The van der Waals surface area contributed by atoms with Gasteiger partial charge < -0.3 is 19.2 Å². The first-order valence-electron chi connectivity index (χ1n) is 8.68. The van der Waals surface area contributed by atoms with Crippen LogP contribution in [0.15, 0.2) is 24.3 Å². The first-order chi connectivity index (χ1) is 12.9. The number of carbonyl (C=O) groups is 3. The number of rotatable bonds is 8. The molecule has 2 rings (SSSR count). The minimum atomic E-state index is -0.613. The molecule has 0 atom stereocenters. The molecule has 1 N–H and O–H groups in total. The van der Waals surface area contributed by atoms with E-state index in [1.165, 1.54) is 0 Å². The standard InChI is InChI=1S/C20H23NO6/c1-5-25-15-9-7-14(8-10-15)19(23)27-11-16(22)18-12(3)17(13(4)21-18)20(24)26-6-2/h7-10,21H,5-6,11H2,1-4H3. The average Bonchev–Trinajstić information content (AvgIpc) is 2.95. The maximum Gasteiger partial charge on any atom is 0.340 e. The number of benzene rings is 1. The maximum absolute atomic E-state index is 12.4. The molecule has 1 heterocycles. The molecule has 144 valence electrons. The second kappa shape index (κ2) is 9.02. The Hall–Kier alpha value is -3.09. The van der Waals surface area contributed by atoms with Gasteiger partial charge in [0.15, 0.2) is 6.61 Å². The Morgan fingerprint density at radius 1 is 0.926 bits per heavy atom. The Labute approximate surface area is 157 Å². The number of hydrogen-bond donors (Lipinski definition) is 1. The van der Waals surface area contributed by atoms with E-state index in [1.54, 1.807) is 45.0 Å². The van der Waals surface area contributed by atoms with E-state index in [-0.39, 0.29) is 12.3 Å². The van der Waals surface area contributed by atoms with Crippen molar-refractivity contribution in [2.75, 3.05) is 19.8 Å². The van der Waals surface area contributed by atoms with Crippen molar-refractivity contribution in [1.29, 1.82) is 0 Å². The van der Waals surface area contributed by atoms with Crippen LogP contribution in [0.2, 0.25) is 0 Å². The number of carbonyl (C=O) groups excluding carboxylic acids is 3. The number of ketones is 1. The van der Waals surface area contributed by atoms with Crippen LogP contribution in [-0.2, 0) is 9.47 Å². The van der Waals surface area contributed by atoms with Gasteiger partial charge in [-0.2, -0.15) is 0 Å². The molecular formula is C20H23NO6. The molecule has 0 aliphatic rings. The highest BCUT2D eigenvalue weighted by Crippen LogP contribution is 2.20. The minimum absolute atomic E-state index is 0.232. The van der Waals surface area contributed by atoms with E-state index in [0.717, 1.165) is 0 Å². The molecule has 0 amide bonds. The molecular weight excluding hydrogens is 350 g/mol. The van der Waals surface area contributed by atoms with Crippen LogP contribution in [0.4, 0.5) is 0 Å². The Morgan fingerprint density at radius 2 is 1.59 bits per heavy atom. The summed E-state index contributed by atoms with van der Waals surface area (Å²) in [6, 6.07) is 6.46. The Bertz CT molecular complexity index is 835. The van der Waals surface area contributed by atoms with Crippen LogP contribution in [-0.4, -0.2) is 42.5 Å². The topological polar surface area (TPSA) is 94.7 Å². The van der Waals surface area contributed by atoms with Crippen LogP contribution in [0.25, 0.3) is 0 Å². The van der Waals surface area contributed by atoms with Crippen LogP contribution in [0, 0.1) is 13.8 Å². The van der Waals surface area contributed by atoms with Crippen LogP contribution in [0.5, 0.6) is 5.75 Å². The van der Waals surface area contributed by atoms with E-state index in [2.05, 4.69) is 4.98 Å². The third-order valence-electron chi connectivity index (χ3n) is 3.93. The molecule has 7 heteroatoms. The first kappa shape index (κ1) is 20.2. The molecule has 1 aromatic carbocycles. The number of ether oxygens (including phenoxy) is 3. The van der Waals surface area contributed by atoms with Gasteiger partial charge in [0.05, 0.1) is 30.0 Å². The number of nitrogens with one attached hydrogen (secondary N) is 1. The lowest BCUT2D eigenvalue weighted by molar-refractivity contribution is 0.0472. The highest BCUT2D eigenvalue weighted by molar-refractivity contribution is 6.03. The summed E-state index contributed by atoms with van der Waals surface area (Å²) in [4.78, 5) is 39.4. The van der Waals surface area contributed by atoms with E-state index in [9.17, 15) is 14.4 Å². The maximum atomic E-state index is 12.4. The fourth-order valence-electron chi connectivity index (χ4n) is 2.68. The molecule has 0 aliphatic heterocycles. The summed E-state index contributed by atoms with van der Waals surface area (Å²) < 4.78 is 15.4. The van der Waals surface area contributed by atoms with Crippen molar-refractivity contribution in [3.8, 4) is 5.75 Å². The summed E-state index contributed by atoms with van der Waals surface area (Å²) in [6.45, 7) is 7.24. The molecule has 1 aromatic heterocycles. The molecule has 2 aromatic rings. The number of H-pyrrole nitrogens is 1. The summed E-state index contributed by atoms with van der Waals surface area (Å²) in [5.41, 5.74) is 1.89. The summed E-state index contributed by atoms with van der Waals surface area (Å²) in [6.07, 6.45) is 0. The van der Waals surface area contributed by atoms with Gasteiger partial charge in [-0.25, -0.2) is 9.59 Å². The third-order valence-corrected chi connectivity index (χ3v) is 3.93. The summed E-state index contributed by atoms with van der Waals surface area (Å²) in [7, 11) is 0. The summed E-state index contributed by atoms with van der Waals surface area (Å²) in [5, 5.41) is 0. The SMILES string of the molecule is CCOC(=O)c1c(C)[nH]c(C(=O)COC(=O)c2ccc(OCC)cc2)c1C. The van der Waals surface area contributed by atoms with Gasteiger partial charge in [-0.15, -0.1) is 0 Å². The van der Waals surface area contributed by atoms with Gasteiger partial charge in [0.1, 0.15) is 5.75 Å². The number of Topliss-reactive ketones (excluding diaryl/α,β-unsaturated/α-hetero) is 1. The smallest absolute Gasteiger partial charge is 0.340 e. The minimum Gasteiger partial charge on any atom is -0.494 e. The van der Waals surface area contributed by atoms with Crippen LogP contribution >= 0.6 is 0 Å². The molecule has 0 saturated carbocycles. The molecule has 0 saturated heterocycles. The largest absolute Gasteiger partial charge is 0.494 e. The number of aromatic amines is 1. The van der Waals surface area contributed by atoms with Gasteiger partial charge in [-0.05, 0) is 57.5 Å². The van der Waals surface area contributed by atoms with Gasteiger partial charge in [0, 0.05) is 5.69 Å². The Balaban J connectivity index is 2.04. The van der Waals surface area contributed by atoms with Crippen molar-refractivity contribution in [2.45, 2.75) is 27.7 Å². The number of aryl methyl sites for hydroxylation is 1. The Kier molecular flexibility index (Phi) is 6.76. The quantitative estimate of drug-likeness (QED) is 0.564. The molecule has 7 nitrogen and oxygen atoms in total. The van der Waals surface area contributed by atoms with E-state index in [1.807, 2.05) is 6.92 Å². The number of esters is 2. The van der Waals surface area contributed by atoms with E-state index >= 15 is 0 Å². The van der Waals surface area contributed by atoms with Crippen molar-refractivity contribution in [1.82, 2.24) is 4.98 Å². The molecule has 27 heavy (non-hydrogen) atoms. The fraction of sp³-hybridized carbons (Fsp3) is 0.350. The van der Waals surface area contributed by atoms with Crippen molar-refractivity contribution in [3.05, 3.63) is 52.3 Å². The second-order valence-corrected chi connectivity index (χ2v) is 5.80. The van der Waals surface area contributed by atoms with Crippen LogP contribution in [0.3, 0.4) is 0 Å². The van der Waals surface area contributed by atoms with Crippen molar-refractivity contribution in [3.63, 3.8) is 0 Å². The van der Waals surface area contributed by atoms with Crippen molar-refractivity contribution >= 4 is 17.7 Å². The lowest BCUT2D eigenvalue weighted by Gasteiger charge is -2.06. The van der Waals surface area contributed by atoms with Gasteiger partial charge in [0.25, 0.3) is 0 Å². The van der Waals surface area contributed by atoms with Gasteiger partial charge >= 0.3 is 11.9 Å². The predicted octanol–water partition coefficient (Wildman–Crippen LogP) is 3.25. The van der Waals surface area contributed by atoms with Crippen molar-refractivity contribution < 1.29 is 28.6 Å². The highest BCUT2D eigenvalue weighted by atomic mass is 16.5. The lowest BCUT2D eigenvalue weighted by atomic mass is 10.1. The third kappa shape index (κ3) is 4.75. The van der Waals surface area contributed by atoms with Gasteiger partial charge in [-0.1, -0.05) is 0 Å². The van der Waals surface area contributed by atoms with Crippen molar-refractivity contribution in [2.24, 2.45) is 0 Å². The fourth-order valence-corrected chi connectivity index (χ4v) is 2.68. The van der Waals surface area contributed by atoms with Gasteiger partial charge in [-0.3, -0.25) is 4.79 Å². The molecule has 0 spiro atoms. The molecule has 0 radical (unpaired) electrons. The van der Waals surface area contributed by atoms with Crippen LogP contribution < -0.4 is 4.74 Å². The normalized spacial score (nSPS) is 10.4. The summed E-state index contributed by atoms with van der Waals surface area (Å²) in [5.74, 6) is -0.883. The Morgan fingerprint density at radius 3 is 2.19 bits per heavy atom. The monoisotopic (exact) mass is 373 g/mol. The van der Waals surface area contributed by atoms with Gasteiger partial charge in [0.2, 0.25) is 5.78 Å². The summed E-state index contributed by atoms with van der Waals surface area (Å²) >= 11 is 0. The zero-order valence-corrected chi connectivity index (χ0v) is 15.9. The average molecular weight is 373 g/mol. The number of aromatic nitrogens is 1. The zero-order chi connectivity index (χ0) is 20.0. The molecule has 0 fully saturated rings. The number of hydrogen-bond acceptors (Lipinski definition) is 6. The first-order valence-corrected chi connectivity index (χ1v) is 8.68.